The van der Waals surface area contributed by atoms with Gasteiger partial charge in [0.2, 0.25) is 0 Å². The van der Waals surface area contributed by atoms with Crippen LogP contribution in [0, 0.1) is 0 Å². The molecule has 7 heteroatoms. The van der Waals surface area contributed by atoms with Gasteiger partial charge in [0.15, 0.2) is 0 Å². The molecule has 19 heavy (non-hydrogen) atoms. The molecule has 1 saturated heterocycles. The Morgan fingerprint density at radius 2 is 2.32 bits per heavy atom. The lowest BCUT2D eigenvalue weighted by Crippen LogP contribution is -2.45. The van der Waals surface area contributed by atoms with E-state index in [1.165, 1.54) is 22.9 Å². The molecule has 2 rings (SSSR count). The van der Waals surface area contributed by atoms with Crippen LogP contribution in [0.3, 0.4) is 0 Å². The summed E-state index contributed by atoms with van der Waals surface area (Å²) in [6.45, 7) is 1.94. The Kier molecular flexibility index (Phi) is 4.46. The average molecular weight is 345 g/mol. The molecule has 1 amide bonds. The first-order valence-electron chi connectivity index (χ1n) is 5.83. The number of aliphatic carboxylic acids is 1. The van der Waals surface area contributed by atoms with Crippen molar-refractivity contribution in [3.8, 4) is 0 Å². The number of nitrogens with zero attached hydrogens (tertiary/aromatic N) is 2. The van der Waals surface area contributed by atoms with Crippen LogP contribution in [0.2, 0.25) is 0 Å². The van der Waals surface area contributed by atoms with Gasteiger partial charge >= 0.3 is 5.97 Å². The van der Waals surface area contributed by atoms with Gasteiger partial charge in [-0.15, -0.1) is 11.8 Å². The molecule has 2 heterocycles. The van der Waals surface area contributed by atoms with E-state index in [1.54, 1.807) is 12.1 Å². The first kappa shape index (κ1) is 14.3. The second-order valence-corrected chi connectivity index (χ2v) is 6.25. The number of aromatic nitrogens is 1. The Labute approximate surface area is 123 Å². The average Bonchev–Trinajstić information content (AvgIpc) is 2.82. The van der Waals surface area contributed by atoms with Crippen molar-refractivity contribution in [2.24, 2.45) is 0 Å². The third-order valence-corrected chi connectivity index (χ3v) is 4.83. The summed E-state index contributed by atoms with van der Waals surface area (Å²) in [7, 11) is 0. The lowest BCUT2D eigenvalue weighted by atomic mass is 10.2. The van der Waals surface area contributed by atoms with Crippen LogP contribution in [0.1, 0.15) is 23.8 Å². The zero-order valence-electron chi connectivity index (χ0n) is 10.2. The van der Waals surface area contributed by atoms with E-state index in [2.05, 4.69) is 20.9 Å². The minimum Gasteiger partial charge on any atom is -0.480 e. The van der Waals surface area contributed by atoms with Crippen molar-refractivity contribution in [3.63, 3.8) is 0 Å². The van der Waals surface area contributed by atoms with E-state index in [4.69, 9.17) is 0 Å². The fraction of sp³-hybridized carbons (Fsp3) is 0.417. The molecule has 0 radical (unpaired) electrons. The monoisotopic (exact) mass is 344 g/mol. The summed E-state index contributed by atoms with van der Waals surface area (Å²) in [5.41, 5.74) is 0.274. The maximum Gasteiger partial charge on any atom is 0.327 e. The largest absolute Gasteiger partial charge is 0.480 e. The number of rotatable bonds is 3. The summed E-state index contributed by atoms with van der Waals surface area (Å²) in [5, 5.41) is 9.10. The lowest BCUT2D eigenvalue weighted by molar-refractivity contribution is -0.141. The fourth-order valence-corrected chi connectivity index (χ4v) is 3.56. The van der Waals surface area contributed by atoms with Gasteiger partial charge in [-0.05, 0) is 34.5 Å². The van der Waals surface area contributed by atoms with Crippen LogP contribution in [0.5, 0.6) is 0 Å². The van der Waals surface area contributed by atoms with Crippen LogP contribution in [-0.4, -0.2) is 44.0 Å². The Hall–Kier alpha value is -1.08. The second kappa shape index (κ2) is 5.92. The lowest BCUT2D eigenvalue weighted by Gasteiger charge is -2.26. The minimum atomic E-state index is -0.964. The van der Waals surface area contributed by atoms with E-state index in [1.807, 2.05) is 6.92 Å². The molecule has 1 aromatic rings. The SMILES string of the molecule is CCC1SCC(C(=O)O)N1C(=O)c1ccc(Br)cn1. The van der Waals surface area contributed by atoms with Crippen molar-refractivity contribution in [3.05, 3.63) is 28.5 Å². The zero-order chi connectivity index (χ0) is 14.0. The van der Waals surface area contributed by atoms with Crippen molar-refractivity contribution in [2.75, 3.05) is 5.75 Å². The molecule has 1 aromatic heterocycles. The van der Waals surface area contributed by atoms with Gasteiger partial charge in [-0.3, -0.25) is 4.79 Å². The standard InChI is InChI=1S/C12H13BrN2O3S/c1-2-10-15(9(6-19-10)12(17)18)11(16)8-4-3-7(13)5-14-8/h3-5,9-10H,2,6H2,1H3,(H,17,18). The first-order chi connectivity index (χ1) is 9.04. The first-order valence-corrected chi connectivity index (χ1v) is 7.67. The van der Waals surface area contributed by atoms with Gasteiger partial charge in [-0.2, -0.15) is 0 Å². The highest BCUT2D eigenvalue weighted by Gasteiger charge is 2.41. The van der Waals surface area contributed by atoms with Crippen molar-refractivity contribution >= 4 is 39.6 Å². The zero-order valence-corrected chi connectivity index (χ0v) is 12.6. The van der Waals surface area contributed by atoms with E-state index >= 15 is 0 Å². The number of hydrogen-bond donors (Lipinski definition) is 1. The van der Waals surface area contributed by atoms with E-state index < -0.39 is 12.0 Å². The van der Waals surface area contributed by atoms with Crippen LogP contribution >= 0.6 is 27.7 Å². The molecule has 1 aliphatic heterocycles. The number of carbonyl (C=O) groups excluding carboxylic acids is 1. The summed E-state index contributed by atoms with van der Waals surface area (Å²) in [6.07, 6.45) is 2.25. The highest BCUT2D eigenvalue weighted by Crippen LogP contribution is 2.32. The summed E-state index contributed by atoms with van der Waals surface area (Å²) < 4.78 is 0.779. The molecule has 102 valence electrons. The van der Waals surface area contributed by atoms with Crippen LogP contribution < -0.4 is 0 Å². The number of carboxylic acid groups (broad SMARTS) is 1. The fourth-order valence-electron chi connectivity index (χ4n) is 1.98. The molecule has 2 atom stereocenters. The highest BCUT2D eigenvalue weighted by molar-refractivity contribution is 9.10. The van der Waals surface area contributed by atoms with E-state index in [-0.39, 0.29) is 17.0 Å². The van der Waals surface area contributed by atoms with E-state index in [0.717, 1.165) is 10.9 Å². The van der Waals surface area contributed by atoms with Crippen molar-refractivity contribution in [1.82, 2.24) is 9.88 Å². The molecular weight excluding hydrogens is 332 g/mol. The number of carboxylic acids is 1. The Morgan fingerprint density at radius 3 is 2.84 bits per heavy atom. The predicted octanol–water partition coefficient (Wildman–Crippen LogP) is 2.22. The van der Waals surface area contributed by atoms with Crippen LogP contribution in [0.4, 0.5) is 0 Å². The van der Waals surface area contributed by atoms with Gasteiger partial charge in [0.05, 0.1) is 5.37 Å². The van der Waals surface area contributed by atoms with Crippen molar-refractivity contribution < 1.29 is 14.7 Å². The van der Waals surface area contributed by atoms with Gasteiger partial charge < -0.3 is 10.0 Å². The van der Waals surface area contributed by atoms with Crippen molar-refractivity contribution in [1.29, 1.82) is 0 Å². The second-order valence-electron chi connectivity index (χ2n) is 4.12. The van der Waals surface area contributed by atoms with Crippen LogP contribution in [0.25, 0.3) is 0 Å². The number of halogens is 1. The van der Waals surface area contributed by atoms with Crippen LogP contribution in [0.15, 0.2) is 22.8 Å². The summed E-state index contributed by atoms with van der Waals surface area (Å²) >= 11 is 4.75. The normalized spacial score (nSPS) is 22.5. The quantitative estimate of drug-likeness (QED) is 0.910. The van der Waals surface area contributed by atoms with Gasteiger partial charge in [0, 0.05) is 16.4 Å². The number of thioether (sulfide) groups is 1. The molecule has 1 N–H and O–H groups in total. The molecule has 1 aliphatic rings. The molecule has 0 aliphatic carbocycles. The summed E-state index contributed by atoms with van der Waals surface area (Å²) in [4.78, 5) is 29.1. The Morgan fingerprint density at radius 1 is 1.58 bits per heavy atom. The smallest absolute Gasteiger partial charge is 0.327 e. The van der Waals surface area contributed by atoms with Gasteiger partial charge in [0.25, 0.3) is 5.91 Å². The molecule has 0 bridgehead atoms. The minimum absolute atomic E-state index is 0.0981. The Bertz CT molecular complexity index is 494. The number of carbonyl (C=O) groups is 2. The molecule has 0 aromatic carbocycles. The van der Waals surface area contributed by atoms with Crippen LogP contribution in [-0.2, 0) is 4.79 Å². The van der Waals surface area contributed by atoms with E-state index in [0.29, 0.717) is 5.75 Å². The van der Waals surface area contributed by atoms with E-state index in [9.17, 15) is 14.7 Å². The number of pyridine rings is 1. The number of hydrogen-bond acceptors (Lipinski definition) is 4. The molecule has 0 spiro atoms. The highest BCUT2D eigenvalue weighted by atomic mass is 79.9. The third-order valence-electron chi connectivity index (χ3n) is 2.91. The maximum atomic E-state index is 12.4. The van der Waals surface area contributed by atoms with Gasteiger partial charge in [-0.25, -0.2) is 9.78 Å². The molecule has 1 fully saturated rings. The molecule has 0 saturated carbocycles. The number of amides is 1. The summed E-state index contributed by atoms with van der Waals surface area (Å²) in [6, 6.07) is 2.55. The Balaban J connectivity index is 2.28. The van der Waals surface area contributed by atoms with Gasteiger partial charge in [0.1, 0.15) is 11.7 Å². The van der Waals surface area contributed by atoms with Gasteiger partial charge in [-0.1, -0.05) is 6.92 Å². The molecular formula is C12H13BrN2O3S. The third kappa shape index (κ3) is 2.92. The molecule has 5 nitrogen and oxygen atoms in total. The predicted molar refractivity (Wildman–Crippen MR) is 76.1 cm³/mol. The molecule has 2 unspecified atom stereocenters. The summed E-state index contributed by atoms with van der Waals surface area (Å²) in [5.74, 6) is -0.860. The topological polar surface area (TPSA) is 70.5 Å². The van der Waals surface area contributed by atoms with Crippen molar-refractivity contribution in [2.45, 2.75) is 24.8 Å². The maximum absolute atomic E-state index is 12.4.